The first-order valence-electron chi connectivity index (χ1n) is 8.17. The molecule has 1 rings (SSSR count). The summed E-state index contributed by atoms with van der Waals surface area (Å²) >= 11 is 0. The van der Waals surface area contributed by atoms with Crippen LogP contribution in [0.25, 0.3) is 0 Å². The Hall–Kier alpha value is -1.60. The fourth-order valence-electron chi connectivity index (χ4n) is 1.89. The fraction of sp³-hybridized carbons (Fsp3) is 0.588. The molecule has 6 nitrogen and oxygen atoms in total. The van der Waals surface area contributed by atoms with Crippen molar-refractivity contribution in [1.82, 2.24) is 4.72 Å². The van der Waals surface area contributed by atoms with Crippen molar-refractivity contribution in [1.29, 1.82) is 0 Å². The monoisotopic (exact) mass is 356 g/mol. The van der Waals surface area contributed by atoms with Crippen LogP contribution in [0.5, 0.6) is 5.75 Å². The standard InChI is InChI=1S/C17H28N2O4S/c1-5-23-15-10-8-9-14(13-15)19-16(20)11-6-7-12-18-24(21,22)17(2,3)4/h8-10,13,18H,5-7,11-12H2,1-4H3,(H,19,20). The molecular weight excluding hydrogens is 328 g/mol. The number of carbonyl (C=O) groups is 1. The molecule has 0 unspecified atom stereocenters. The first-order valence-corrected chi connectivity index (χ1v) is 9.66. The third-order valence-electron chi connectivity index (χ3n) is 3.36. The van der Waals surface area contributed by atoms with E-state index in [1.165, 1.54) is 0 Å². The van der Waals surface area contributed by atoms with Gasteiger partial charge in [-0.25, -0.2) is 13.1 Å². The van der Waals surface area contributed by atoms with Crippen LogP contribution in [0.1, 0.15) is 47.0 Å². The smallest absolute Gasteiger partial charge is 0.224 e. The van der Waals surface area contributed by atoms with Crippen molar-refractivity contribution < 1.29 is 17.9 Å². The lowest BCUT2D eigenvalue weighted by atomic mass is 10.2. The van der Waals surface area contributed by atoms with Crippen LogP contribution in [-0.4, -0.2) is 32.2 Å². The highest BCUT2D eigenvalue weighted by Gasteiger charge is 2.27. The summed E-state index contributed by atoms with van der Waals surface area (Å²) in [7, 11) is -3.32. The Balaban J connectivity index is 2.31. The number of sulfonamides is 1. The van der Waals surface area contributed by atoms with Crippen molar-refractivity contribution >= 4 is 21.6 Å². The molecule has 2 N–H and O–H groups in total. The average Bonchev–Trinajstić information content (AvgIpc) is 2.46. The van der Waals surface area contributed by atoms with E-state index in [0.717, 1.165) is 0 Å². The van der Waals surface area contributed by atoms with Gasteiger partial charge < -0.3 is 10.1 Å². The lowest BCUT2D eigenvalue weighted by molar-refractivity contribution is -0.116. The van der Waals surface area contributed by atoms with Gasteiger partial charge in [-0.05, 0) is 52.7 Å². The van der Waals surface area contributed by atoms with Crippen LogP contribution >= 0.6 is 0 Å². The van der Waals surface area contributed by atoms with Crippen LogP contribution in [-0.2, 0) is 14.8 Å². The fourth-order valence-corrected chi connectivity index (χ4v) is 2.73. The molecule has 1 amide bonds. The molecule has 1 aromatic carbocycles. The normalized spacial score (nSPS) is 12.0. The van der Waals surface area contributed by atoms with Crippen LogP contribution in [0.15, 0.2) is 24.3 Å². The van der Waals surface area contributed by atoms with Gasteiger partial charge in [0.05, 0.1) is 11.4 Å². The maximum Gasteiger partial charge on any atom is 0.224 e. The van der Waals surface area contributed by atoms with Gasteiger partial charge in [0, 0.05) is 24.7 Å². The number of rotatable bonds is 9. The van der Waals surface area contributed by atoms with E-state index >= 15 is 0 Å². The number of hydrogen-bond acceptors (Lipinski definition) is 4. The van der Waals surface area contributed by atoms with E-state index < -0.39 is 14.8 Å². The molecule has 0 bridgehead atoms. The van der Waals surface area contributed by atoms with Crippen LogP contribution in [0.4, 0.5) is 5.69 Å². The van der Waals surface area contributed by atoms with Crippen LogP contribution in [0.2, 0.25) is 0 Å². The molecule has 7 heteroatoms. The Bertz CT molecular complexity index is 636. The van der Waals surface area contributed by atoms with Crippen molar-refractivity contribution in [2.75, 3.05) is 18.5 Å². The van der Waals surface area contributed by atoms with E-state index in [1.807, 2.05) is 19.1 Å². The number of carbonyl (C=O) groups excluding carboxylic acids is 1. The SMILES string of the molecule is CCOc1cccc(NC(=O)CCCCNS(=O)(=O)C(C)(C)C)c1. The largest absolute Gasteiger partial charge is 0.494 e. The van der Waals surface area contributed by atoms with Gasteiger partial charge >= 0.3 is 0 Å². The molecule has 0 aliphatic heterocycles. The minimum Gasteiger partial charge on any atom is -0.494 e. The third kappa shape index (κ3) is 6.88. The van der Waals surface area contributed by atoms with Gasteiger partial charge in [0.15, 0.2) is 0 Å². The molecule has 0 saturated carbocycles. The summed E-state index contributed by atoms with van der Waals surface area (Å²) in [6, 6.07) is 7.24. The van der Waals surface area contributed by atoms with E-state index in [0.29, 0.717) is 43.9 Å². The molecule has 0 atom stereocenters. The minimum absolute atomic E-state index is 0.0951. The summed E-state index contributed by atoms with van der Waals surface area (Å²) in [5.74, 6) is 0.620. The zero-order chi connectivity index (χ0) is 18.2. The first kappa shape index (κ1) is 20.4. The molecule has 0 aromatic heterocycles. The Labute approximate surface area is 145 Å². The predicted octanol–water partition coefficient (Wildman–Crippen LogP) is 2.91. The van der Waals surface area contributed by atoms with E-state index in [9.17, 15) is 13.2 Å². The molecule has 0 aliphatic carbocycles. The van der Waals surface area contributed by atoms with Gasteiger partial charge in [0.25, 0.3) is 0 Å². The second-order valence-electron chi connectivity index (χ2n) is 6.48. The maximum atomic E-state index is 11.9. The van der Waals surface area contributed by atoms with Gasteiger partial charge in [-0.1, -0.05) is 6.07 Å². The Morgan fingerprint density at radius 3 is 2.54 bits per heavy atom. The number of unbranched alkanes of at least 4 members (excludes halogenated alkanes) is 1. The highest BCUT2D eigenvalue weighted by atomic mass is 32.2. The Morgan fingerprint density at radius 2 is 1.92 bits per heavy atom. The van der Waals surface area contributed by atoms with E-state index in [2.05, 4.69) is 10.0 Å². The second kappa shape index (κ2) is 9.03. The van der Waals surface area contributed by atoms with Crippen molar-refractivity contribution in [3.63, 3.8) is 0 Å². The van der Waals surface area contributed by atoms with Gasteiger partial charge in [-0.2, -0.15) is 0 Å². The van der Waals surface area contributed by atoms with Gasteiger partial charge in [0.1, 0.15) is 5.75 Å². The number of nitrogens with one attached hydrogen (secondary N) is 2. The number of hydrogen-bond donors (Lipinski definition) is 2. The Morgan fingerprint density at radius 1 is 1.21 bits per heavy atom. The number of benzene rings is 1. The van der Waals surface area contributed by atoms with Crippen LogP contribution in [0, 0.1) is 0 Å². The van der Waals surface area contributed by atoms with E-state index in [-0.39, 0.29) is 5.91 Å². The summed E-state index contributed by atoms with van der Waals surface area (Å²) in [4.78, 5) is 11.9. The molecule has 0 aliphatic rings. The second-order valence-corrected chi connectivity index (χ2v) is 9.00. The van der Waals surface area contributed by atoms with Crippen molar-refractivity contribution in [2.24, 2.45) is 0 Å². The number of ether oxygens (including phenoxy) is 1. The van der Waals surface area contributed by atoms with Crippen LogP contribution in [0.3, 0.4) is 0 Å². The molecule has 0 radical (unpaired) electrons. The summed E-state index contributed by atoms with van der Waals surface area (Å²) in [5, 5.41) is 2.81. The molecule has 0 saturated heterocycles. The topological polar surface area (TPSA) is 84.5 Å². The van der Waals surface area contributed by atoms with Crippen molar-refractivity contribution in [3.8, 4) is 5.75 Å². The number of anilines is 1. The Kier molecular flexibility index (Phi) is 7.69. The maximum absolute atomic E-state index is 11.9. The molecule has 0 heterocycles. The molecule has 1 aromatic rings. The summed E-state index contributed by atoms with van der Waals surface area (Å²) < 4.78 is 30.9. The van der Waals surface area contributed by atoms with Gasteiger partial charge in [0.2, 0.25) is 15.9 Å². The number of amides is 1. The van der Waals surface area contributed by atoms with Gasteiger partial charge in [-0.3, -0.25) is 4.79 Å². The average molecular weight is 356 g/mol. The first-order chi connectivity index (χ1) is 11.2. The zero-order valence-electron chi connectivity index (χ0n) is 14.9. The third-order valence-corrected chi connectivity index (χ3v) is 5.55. The highest BCUT2D eigenvalue weighted by Crippen LogP contribution is 2.17. The van der Waals surface area contributed by atoms with E-state index in [1.54, 1.807) is 32.9 Å². The van der Waals surface area contributed by atoms with Crippen molar-refractivity contribution in [2.45, 2.75) is 51.7 Å². The molecular formula is C17H28N2O4S. The van der Waals surface area contributed by atoms with Gasteiger partial charge in [-0.15, -0.1) is 0 Å². The van der Waals surface area contributed by atoms with Crippen molar-refractivity contribution in [3.05, 3.63) is 24.3 Å². The molecule has 0 spiro atoms. The molecule has 24 heavy (non-hydrogen) atoms. The minimum atomic E-state index is -3.32. The lowest BCUT2D eigenvalue weighted by Gasteiger charge is -2.19. The molecule has 0 fully saturated rings. The zero-order valence-corrected chi connectivity index (χ0v) is 15.7. The van der Waals surface area contributed by atoms with E-state index in [4.69, 9.17) is 4.74 Å². The summed E-state index contributed by atoms with van der Waals surface area (Å²) in [5.41, 5.74) is 0.694. The predicted molar refractivity (Wildman–Crippen MR) is 96.8 cm³/mol. The summed E-state index contributed by atoms with van der Waals surface area (Å²) in [6.45, 7) is 7.77. The highest BCUT2D eigenvalue weighted by molar-refractivity contribution is 7.90. The molecule has 136 valence electrons. The van der Waals surface area contributed by atoms with Crippen LogP contribution < -0.4 is 14.8 Å². The lowest BCUT2D eigenvalue weighted by Crippen LogP contribution is -2.39. The summed E-state index contributed by atoms with van der Waals surface area (Å²) in [6.07, 6.45) is 1.57. The quantitative estimate of drug-likeness (QED) is 0.666.